The zero-order chi connectivity index (χ0) is 11.4. The summed E-state index contributed by atoms with van der Waals surface area (Å²) in [5.74, 6) is 1.94. The Kier molecular flexibility index (Phi) is 3.54. The summed E-state index contributed by atoms with van der Waals surface area (Å²) in [7, 11) is 0. The molecule has 1 aromatic rings. The summed E-state index contributed by atoms with van der Waals surface area (Å²) < 4.78 is 0. The molecule has 16 heavy (non-hydrogen) atoms. The smallest absolute Gasteiger partial charge is 0.230 e. The minimum Gasteiger partial charge on any atom is -0.368 e. The molecule has 2 heterocycles. The van der Waals surface area contributed by atoms with Gasteiger partial charge in [0, 0.05) is 19.5 Å². The van der Waals surface area contributed by atoms with E-state index in [-0.39, 0.29) is 0 Å². The minimum absolute atomic E-state index is 0.350. The largest absolute Gasteiger partial charge is 0.368 e. The number of nitrogen functional groups attached to an aromatic ring is 1. The Balaban J connectivity index is 2.14. The van der Waals surface area contributed by atoms with Crippen molar-refractivity contribution >= 4 is 11.9 Å². The highest BCUT2D eigenvalue weighted by Crippen LogP contribution is 2.16. The number of aryl methyl sites for hydroxylation is 1. The van der Waals surface area contributed by atoms with Crippen molar-refractivity contribution in [2.45, 2.75) is 39.0 Å². The van der Waals surface area contributed by atoms with Crippen LogP contribution in [-0.4, -0.2) is 28.0 Å². The molecule has 5 heteroatoms. The Morgan fingerprint density at radius 2 is 1.94 bits per heavy atom. The Morgan fingerprint density at radius 3 is 2.62 bits per heavy atom. The highest BCUT2D eigenvalue weighted by Gasteiger charge is 2.16. The first-order valence-corrected chi connectivity index (χ1v) is 6.05. The maximum Gasteiger partial charge on any atom is 0.230 e. The predicted octanol–water partition coefficient (Wildman–Crippen LogP) is 1.40. The highest BCUT2D eigenvalue weighted by molar-refractivity contribution is 5.35. The summed E-state index contributed by atoms with van der Waals surface area (Å²) in [5, 5.41) is 0. The Morgan fingerprint density at radius 1 is 1.19 bits per heavy atom. The van der Waals surface area contributed by atoms with Gasteiger partial charge in [-0.3, -0.25) is 0 Å². The van der Waals surface area contributed by atoms with E-state index < -0.39 is 0 Å². The second-order valence-corrected chi connectivity index (χ2v) is 4.21. The van der Waals surface area contributed by atoms with E-state index in [1.807, 2.05) is 0 Å². The lowest BCUT2D eigenvalue weighted by Crippen LogP contribution is -2.22. The predicted molar refractivity (Wildman–Crippen MR) is 64.3 cm³/mol. The van der Waals surface area contributed by atoms with Gasteiger partial charge in [-0.15, -0.1) is 0 Å². The molecular weight excluding hydrogens is 202 g/mol. The maximum atomic E-state index is 5.71. The van der Waals surface area contributed by atoms with Crippen molar-refractivity contribution in [3.63, 3.8) is 0 Å². The van der Waals surface area contributed by atoms with Gasteiger partial charge in [0.25, 0.3) is 0 Å². The van der Waals surface area contributed by atoms with Gasteiger partial charge in [-0.05, 0) is 19.3 Å². The first-order valence-electron chi connectivity index (χ1n) is 6.05. The molecular formula is C11H19N5. The molecule has 1 aliphatic rings. The summed E-state index contributed by atoms with van der Waals surface area (Å²) >= 11 is 0. The van der Waals surface area contributed by atoms with E-state index in [1.165, 1.54) is 12.8 Å². The van der Waals surface area contributed by atoms with Gasteiger partial charge in [0.15, 0.2) is 0 Å². The summed E-state index contributed by atoms with van der Waals surface area (Å²) in [6.07, 6.45) is 5.57. The third-order valence-electron chi connectivity index (χ3n) is 2.83. The van der Waals surface area contributed by atoms with Crippen LogP contribution in [0.2, 0.25) is 0 Å². The van der Waals surface area contributed by atoms with E-state index >= 15 is 0 Å². The summed E-state index contributed by atoms with van der Waals surface area (Å²) in [6.45, 7) is 4.24. The molecule has 1 fully saturated rings. The molecule has 0 saturated carbocycles. The van der Waals surface area contributed by atoms with Crippen LogP contribution in [0.4, 0.5) is 11.9 Å². The van der Waals surface area contributed by atoms with Gasteiger partial charge in [-0.25, -0.2) is 0 Å². The molecule has 0 amide bonds. The fourth-order valence-electron chi connectivity index (χ4n) is 1.93. The number of anilines is 2. The zero-order valence-electron chi connectivity index (χ0n) is 9.82. The summed E-state index contributed by atoms with van der Waals surface area (Å²) in [5.41, 5.74) is 5.71. The highest BCUT2D eigenvalue weighted by atomic mass is 15.3. The summed E-state index contributed by atoms with van der Waals surface area (Å²) in [6, 6.07) is 0. The molecule has 1 aliphatic heterocycles. The van der Waals surface area contributed by atoms with Gasteiger partial charge < -0.3 is 10.6 Å². The van der Waals surface area contributed by atoms with Gasteiger partial charge in [-0.1, -0.05) is 13.3 Å². The molecule has 0 spiro atoms. The average molecular weight is 221 g/mol. The van der Waals surface area contributed by atoms with Gasteiger partial charge in [0.05, 0.1) is 0 Å². The van der Waals surface area contributed by atoms with E-state index in [1.54, 1.807) is 0 Å². The van der Waals surface area contributed by atoms with Gasteiger partial charge in [-0.2, -0.15) is 15.0 Å². The molecule has 1 aromatic heterocycles. The van der Waals surface area contributed by atoms with E-state index in [0.717, 1.165) is 44.1 Å². The first kappa shape index (κ1) is 11.1. The number of nitrogens with zero attached hydrogens (tertiary/aromatic N) is 4. The van der Waals surface area contributed by atoms with Crippen LogP contribution >= 0.6 is 0 Å². The maximum absolute atomic E-state index is 5.71. The van der Waals surface area contributed by atoms with E-state index in [4.69, 9.17) is 5.73 Å². The number of nitrogens with two attached hydrogens (primary N) is 1. The van der Waals surface area contributed by atoms with Gasteiger partial charge >= 0.3 is 0 Å². The normalized spacial score (nSPS) is 15.7. The van der Waals surface area contributed by atoms with Crippen molar-refractivity contribution in [2.24, 2.45) is 0 Å². The monoisotopic (exact) mass is 221 g/mol. The molecule has 0 aliphatic carbocycles. The van der Waals surface area contributed by atoms with Crippen LogP contribution in [0.15, 0.2) is 0 Å². The molecule has 88 valence electrons. The third kappa shape index (κ3) is 2.59. The van der Waals surface area contributed by atoms with Crippen LogP contribution in [0.3, 0.4) is 0 Å². The zero-order valence-corrected chi connectivity index (χ0v) is 9.82. The van der Waals surface area contributed by atoms with Crippen LogP contribution in [0.1, 0.15) is 38.4 Å². The molecule has 2 rings (SSSR count). The number of aromatic nitrogens is 3. The van der Waals surface area contributed by atoms with E-state index in [0.29, 0.717) is 5.95 Å². The first-order chi connectivity index (χ1) is 7.79. The van der Waals surface area contributed by atoms with Crippen molar-refractivity contribution in [3.05, 3.63) is 5.82 Å². The lowest BCUT2D eigenvalue weighted by molar-refractivity contribution is 0.739. The number of rotatable bonds is 4. The van der Waals surface area contributed by atoms with E-state index in [9.17, 15) is 0 Å². The lowest BCUT2D eigenvalue weighted by Gasteiger charge is -2.15. The summed E-state index contributed by atoms with van der Waals surface area (Å²) in [4.78, 5) is 15.0. The molecule has 0 radical (unpaired) electrons. The molecule has 5 nitrogen and oxygen atoms in total. The number of hydrogen-bond donors (Lipinski definition) is 1. The van der Waals surface area contributed by atoms with Crippen LogP contribution in [0.5, 0.6) is 0 Å². The van der Waals surface area contributed by atoms with Crippen LogP contribution < -0.4 is 10.6 Å². The van der Waals surface area contributed by atoms with Crippen molar-refractivity contribution < 1.29 is 0 Å². The molecule has 1 saturated heterocycles. The lowest BCUT2D eigenvalue weighted by atomic mass is 10.2. The standard InChI is InChI=1S/C11H19N5/c1-2-3-6-9-13-10(12)15-11(14-9)16-7-4-5-8-16/h2-8H2,1H3,(H2,12,13,14,15). The van der Waals surface area contributed by atoms with Crippen LogP contribution in [0.25, 0.3) is 0 Å². The topological polar surface area (TPSA) is 67.9 Å². The number of hydrogen-bond acceptors (Lipinski definition) is 5. The fourth-order valence-corrected chi connectivity index (χ4v) is 1.93. The molecule has 0 unspecified atom stereocenters. The second kappa shape index (κ2) is 5.09. The van der Waals surface area contributed by atoms with Crippen molar-refractivity contribution in [3.8, 4) is 0 Å². The molecule has 0 bridgehead atoms. The quantitative estimate of drug-likeness (QED) is 0.832. The molecule has 0 aromatic carbocycles. The van der Waals surface area contributed by atoms with Crippen LogP contribution in [-0.2, 0) is 6.42 Å². The van der Waals surface area contributed by atoms with Crippen molar-refractivity contribution in [1.29, 1.82) is 0 Å². The SMILES string of the molecule is CCCCc1nc(N)nc(N2CCCC2)n1. The Hall–Kier alpha value is -1.39. The van der Waals surface area contributed by atoms with E-state index in [2.05, 4.69) is 26.8 Å². The fraction of sp³-hybridized carbons (Fsp3) is 0.727. The minimum atomic E-state index is 0.350. The molecule has 0 atom stereocenters. The number of unbranched alkanes of at least 4 members (excludes halogenated alkanes) is 1. The van der Waals surface area contributed by atoms with Gasteiger partial charge in [0.2, 0.25) is 11.9 Å². The van der Waals surface area contributed by atoms with Crippen LogP contribution in [0, 0.1) is 0 Å². The Labute approximate surface area is 96.1 Å². The molecule has 2 N–H and O–H groups in total. The van der Waals surface area contributed by atoms with Crippen molar-refractivity contribution in [2.75, 3.05) is 23.7 Å². The average Bonchev–Trinajstić information content (AvgIpc) is 2.79. The van der Waals surface area contributed by atoms with Crippen molar-refractivity contribution in [1.82, 2.24) is 15.0 Å². The third-order valence-corrected chi connectivity index (χ3v) is 2.83. The Bertz CT molecular complexity index is 346. The second-order valence-electron chi connectivity index (χ2n) is 4.21. The van der Waals surface area contributed by atoms with Gasteiger partial charge in [0.1, 0.15) is 5.82 Å².